The van der Waals surface area contributed by atoms with E-state index < -0.39 is 21.5 Å². The number of rotatable bonds is 5. The molecule has 0 atom stereocenters. The van der Waals surface area contributed by atoms with Crippen LogP contribution < -0.4 is 0 Å². The molecule has 6 heteroatoms. The molecule has 0 saturated heterocycles. The van der Waals surface area contributed by atoms with Crippen LogP contribution in [0.1, 0.15) is 32.8 Å². The van der Waals surface area contributed by atoms with E-state index in [0.29, 0.717) is 5.56 Å². The van der Waals surface area contributed by atoms with Crippen molar-refractivity contribution in [3.63, 3.8) is 0 Å². The Morgan fingerprint density at radius 1 is 1.25 bits per heavy atom. The van der Waals surface area contributed by atoms with Gasteiger partial charge in [0.15, 0.2) is 0 Å². The highest BCUT2D eigenvalue weighted by Crippen LogP contribution is 2.26. The third kappa shape index (κ3) is 3.80. The van der Waals surface area contributed by atoms with E-state index in [1.165, 1.54) is 4.31 Å². The summed E-state index contributed by atoms with van der Waals surface area (Å²) in [5.41, 5.74) is -0.0339. The molecular formula is C14H21NO4S. The molecule has 0 amide bonds. The first-order valence-corrected chi connectivity index (χ1v) is 7.81. The van der Waals surface area contributed by atoms with Gasteiger partial charge < -0.3 is 5.11 Å². The Hall–Kier alpha value is -1.40. The molecule has 0 spiro atoms. The summed E-state index contributed by atoms with van der Waals surface area (Å²) in [4.78, 5) is 11.0. The van der Waals surface area contributed by atoms with E-state index in [9.17, 15) is 13.2 Å². The third-order valence-electron chi connectivity index (χ3n) is 2.94. The number of aryl methyl sites for hydroxylation is 1. The molecule has 1 rings (SSSR count). The molecule has 0 bridgehead atoms. The number of aliphatic carboxylic acids is 1. The van der Waals surface area contributed by atoms with Crippen molar-refractivity contribution in [3.05, 3.63) is 29.8 Å². The highest BCUT2D eigenvalue weighted by atomic mass is 32.2. The lowest BCUT2D eigenvalue weighted by Gasteiger charge is -2.34. The zero-order valence-electron chi connectivity index (χ0n) is 12.3. The molecular weight excluding hydrogens is 278 g/mol. The Morgan fingerprint density at radius 3 is 2.25 bits per heavy atom. The third-order valence-corrected chi connectivity index (χ3v) is 5.26. The van der Waals surface area contributed by atoms with Gasteiger partial charge in [-0.05, 0) is 39.3 Å². The van der Waals surface area contributed by atoms with Crippen LogP contribution in [0.15, 0.2) is 29.2 Å². The van der Waals surface area contributed by atoms with Gasteiger partial charge in [0.05, 0.1) is 11.3 Å². The molecule has 0 aliphatic heterocycles. The van der Waals surface area contributed by atoms with Gasteiger partial charge in [-0.2, -0.15) is 4.31 Å². The molecule has 0 fully saturated rings. The Kier molecular flexibility index (Phi) is 4.94. The molecule has 1 aromatic carbocycles. The van der Waals surface area contributed by atoms with Crippen LogP contribution in [0.4, 0.5) is 0 Å². The van der Waals surface area contributed by atoms with Crippen molar-refractivity contribution in [1.29, 1.82) is 0 Å². The van der Waals surface area contributed by atoms with Crippen molar-refractivity contribution in [1.82, 2.24) is 4.31 Å². The fourth-order valence-corrected chi connectivity index (χ4v) is 3.99. The lowest BCUT2D eigenvalue weighted by Crippen LogP contribution is -2.46. The first-order valence-electron chi connectivity index (χ1n) is 6.37. The van der Waals surface area contributed by atoms with Crippen LogP contribution in [-0.4, -0.2) is 35.9 Å². The average molecular weight is 299 g/mol. The van der Waals surface area contributed by atoms with Crippen LogP contribution >= 0.6 is 0 Å². The summed E-state index contributed by atoms with van der Waals surface area (Å²) in [5.74, 6) is -1.01. The minimum Gasteiger partial charge on any atom is -0.481 e. The van der Waals surface area contributed by atoms with E-state index >= 15 is 0 Å². The lowest BCUT2D eigenvalue weighted by atomic mass is 10.1. The minimum atomic E-state index is -3.72. The molecule has 0 saturated carbocycles. The summed E-state index contributed by atoms with van der Waals surface area (Å²) < 4.78 is 26.7. The molecule has 0 unspecified atom stereocenters. The van der Waals surface area contributed by atoms with Crippen LogP contribution in [0.5, 0.6) is 0 Å². The van der Waals surface area contributed by atoms with Gasteiger partial charge >= 0.3 is 5.97 Å². The van der Waals surface area contributed by atoms with Gasteiger partial charge in [0.25, 0.3) is 0 Å². The number of benzene rings is 1. The highest BCUT2D eigenvalue weighted by Gasteiger charge is 2.34. The number of hydrogen-bond donors (Lipinski definition) is 1. The molecule has 5 nitrogen and oxygen atoms in total. The van der Waals surface area contributed by atoms with E-state index in [1.807, 2.05) is 0 Å². The van der Waals surface area contributed by atoms with Crippen molar-refractivity contribution in [2.45, 2.75) is 44.6 Å². The van der Waals surface area contributed by atoms with Crippen molar-refractivity contribution < 1.29 is 18.3 Å². The molecule has 20 heavy (non-hydrogen) atoms. The predicted molar refractivity (Wildman–Crippen MR) is 77.1 cm³/mol. The predicted octanol–water partition coefficient (Wildman–Crippen LogP) is 2.26. The SMILES string of the molecule is Cc1ccccc1S(=O)(=O)N(CCC(=O)O)C(C)(C)C. The van der Waals surface area contributed by atoms with Gasteiger partial charge in [-0.15, -0.1) is 0 Å². The van der Waals surface area contributed by atoms with E-state index in [-0.39, 0.29) is 17.9 Å². The average Bonchev–Trinajstić information content (AvgIpc) is 2.26. The topological polar surface area (TPSA) is 74.7 Å². The van der Waals surface area contributed by atoms with E-state index in [1.54, 1.807) is 52.0 Å². The zero-order chi connectivity index (χ0) is 15.6. The van der Waals surface area contributed by atoms with Gasteiger partial charge in [0.1, 0.15) is 0 Å². The fourth-order valence-electron chi connectivity index (χ4n) is 1.98. The normalized spacial score (nSPS) is 12.7. The largest absolute Gasteiger partial charge is 0.481 e. The van der Waals surface area contributed by atoms with Crippen molar-refractivity contribution >= 4 is 16.0 Å². The summed E-state index contributed by atoms with van der Waals surface area (Å²) in [6.45, 7) is 6.94. The minimum absolute atomic E-state index is 0.0461. The quantitative estimate of drug-likeness (QED) is 0.905. The van der Waals surface area contributed by atoms with Crippen LogP contribution in [0.3, 0.4) is 0 Å². The van der Waals surface area contributed by atoms with Crippen molar-refractivity contribution in [3.8, 4) is 0 Å². The summed E-state index contributed by atoms with van der Waals surface area (Å²) >= 11 is 0. The number of nitrogens with zero attached hydrogens (tertiary/aromatic N) is 1. The highest BCUT2D eigenvalue weighted by molar-refractivity contribution is 7.89. The van der Waals surface area contributed by atoms with Gasteiger partial charge in [-0.25, -0.2) is 8.42 Å². The summed E-state index contributed by atoms with van der Waals surface area (Å²) in [6, 6.07) is 6.71. The van der Waals surface area contributed by atoms with E-state index in [0.717, 1.165) is 0 Å². The maximum absolute atomic E-state index is 12.7. The monoisotopic (exact) mass is 299 g/mol. The number of sulfonamides is 1. The van der Waals surface area contributed by atoms with Crippen molar-refractivity contribution in [2.24, 2.45) is 0 Å². The van der Waals surface area contributed by atoms with Crippen molar-refractivity contribution in [2.75, 3.05) is 6.54 Å². The molecule has 0 aliphatic carbocycles. The molecule has 0 aromatic heterocycles. The number of carbonyl (C=O) groups is 1. The van der Waals surface area contributed by atoms with Gasteiger partial charge in [0.2, 0.25) is 10.0 Å². The Labute approximate surface area is 120 Å². The lowest BCUT2D eigenvalue weighted by molar-refractivity contribution is -0.137. The summed E-state index contributed by atoms with van der Waals surface area (Å²) in [7, 11) is -3.72. The van der Waals surface area contributed by atoms with E-state index in [2.05, 4.69) is 0 Å². The summed E-state index contributed by atoms with van der Waals surface area (Å²) in [5, 5.41) is 8.80. The molecule has 0 radical (unpaired) electrons. The fraction of sp³-hybridized carbons (Fsp3) is 0.500. The number of hydrogen-bond acceptors (Lipinski definition) is 3. The molecule has 1 N–H and O–H groups in total. The van der Waals surface area contributed by atoms with Gasteiger partial charge in [-0.3, -0.25) is 4.79 Å². The second kappa shape index (κ2) is 5.93. The van der Waals surface area contributed by atoms with Crippen LogP contribution in [-0.2, 0) is 14.8 Å². The second-order valence-electron chi connectivity index (χ2n) is 5.66. The molecule has 1 aromatic rings. The maximum Gasteiger partial charge on any atom is 0.304 e. The standard InChI is InChI=1S/C14H21NO4S/c1-11-7-5-6-8-12(11)20(18,19)15(14(2,3)4)10-9-13(16)17/h5-8H,9-10H2,1-4H3,(H,16,17). The van der Waals surface area contributed by atoms with E-state index in [4.69, 9.17) is 5.11 Å². The number of carboxylic acids is 1. The summed E-state index contributed by atoms with van der Waals surface area (Å²) in [6.07, 6.45) is -0.220. The van der Waals surface area contributed by atoms with Crippen LogP contribution in [0, 0.1) is 6.92 Å². The molecule has 112 valence electrons. The zero-order valence-corrected chi connectivity index (χ0v) is 13.1. The van der Waals surface area contributed by atoms with Gasteiger partial charge in [0, 0.05) is 12.1 Å². The second-order valence-corrected chi connectivity index (χ2v) is 7.49. The Balaban J connectivity index is 3.25. The van der Waals surface area contributed by atoms with Crippen LogP contribution in [0.25, 0.3) is 0 Å². The molecule has 0 aliphatic rings. The van der Waals surface area contributed by atoms with Crippen LogP contribution in [0.2, 0.25) is 0 Å². The first-order chi connectivity index (χ1) is 9.06. The Bertz CT molecular complexity index is 587. The maximum atomic E-state index is 12.7. The first kappa shape index (κ1) is 16.7. The number of carboxylic acid groups (broad SMARTS) is 1. The smallest absolute Gasteiger partial charge is 0.304 e. The molecule has 0 heterocycles. The van der Waals surface area contributed by atoms with Gasteiger partial charge in [-0.1, -0.05) is 18.2 Å². The Morgan fingerprint density at radius 2 is 1.80 bits per heavy atom.